The largest absolute Gasteiger partial charge is 0.494 e. The second kappa shape index (κ2) is 8.57. The summed E-state index contributed by atoms with van der Waals surface area (Å²) in [7, 11) is 1.99. The van der Waals surface area contributed by atoms with Crippen LogP contribution >= 0.6 is 31.9 Å². The normalized spacial score (nSPS) is 12.1. The molecule has 0 spiro atoms. The zero-order valence-corrected chi connectivity index (χ0v) is 15.2. The average molecular weight is 413 g/mol. The van der Waals surface area contributed by atoms with Gasteiger partial charge in [0.05, 0.1) is 6.61 Å². The van der Waals surface area contributed by atoms with E-state index in [1.807, 2.05) is 37.4 Å². The Kier molecular flexibility index (Phi) is 6.74. The molecule has 2 rings (SSSR count). The quantitative estimate of drug-likeness (QED) is 0.691. The Labute approximate surface area is 143 Å². The summed E-state index contributed by atoms with van der Waals surface area (Å²) in [5.41, 5.74) is 1.32. The number of likely N-dealkylation sites (N-methyl/N-ethyl adjacent to an activating group) is 1. The van der Waals surface area contributed by atoms with E-state index in [0.717, 1.165) is 27.7 Å². The molecule has 21 heavy (non-hydrogen) atoms. The third-order valence-corrected chi connectivity index (χ3v) is 4.54. The van der Waals surface area contributed by atoms with E-state index < -0.39 is 0 Å². The first-order valence-electron chi connectivity index (χ1n) is 6.98. The highest BCUT2D eigenvalue weighted by atomic mass is 79.9. The first-order valence-corrected chi connectivity index (χ1v) is 8.56. The lowest BCUT2D eigenvalue weighted by atomic mass is 9.96. The van der Waals surface area contributed by atoms with Crippen LogP contribution in [0.5, 0.6) is 5.75 Å². The minimum Gasteiger partial charge on any atom is -0.494 e. The molecule has 2 nitrogen and oxygen atoms in total. The van der Waals surface area contributed by atoms with Crippen LogP contribution in [-0.4, -0.2) is 20.2 Å². The average Bonchev–Trinajstić information content (AvgIpc) is 2.47. The van der Waals surface area contributed by atoms with Gasteiger partial charge in [0.25, 0.3) is 0 Å². The number of nitrogens with one attached hydrogen (secondary N) is 1. The zero-order valence-electron chi connectivity index (χ0n) is 12.0. The van der Waals surface area contributed by atoms with Crippen LogP contribution in [0.25, 0.3) is 0 Å². The van der Waals surface area contributed by atoms with E-state index in [-0.39, 0.29) is 0 Å². The maximum absolute atomic E-state index is 5.85. The van der Waals surface area contributed by atoms with Crippen molar-refractivity contribution in [3.63, 3.8) is 0 Å². The van der Waals surface area contributed by atoms with Crippen molar-refractivity contribution in [2.24, 2.45) is 0 Å². The van der Waals surface area contributed by atoms with Gasteiger partial charge in [-0.1, -0.05) is 56.1 Å². The second-order valence-electron chi connectivity index (χ2n) is 4.87. The van der Waals surface area contributed by atoms with Crippen LogP contribution in [0.3, 0.4) is 0 Å². The molecular formula is C17H19Br2NO. The fourth-order valence-corrected chi connectivity index (χ4v) is 3.28. The summed E-state index contributed by atoms with van der Waals surface area (Å²) in [6.45, 7) is 1.63. The van der Waals surface area contributed by atoms with E-state index in [2.05, 4.69) is 55.4 Å². The Morgan fingerprint density at radius 2 is 1.90 bits per heavy atom. The van der Waals surface area contributed by atoms with Crippen molar-refractivity contribution >= 4 is 31.9 Å². The molecule has 112 valence electrons. The number of ether oxygens (including phenoxy) is 1. The van der Waals surface area contributed by atoms with Gasteiger partial charge in [-0.25, -0.2) is 0 Å². The van der Waals surface area contributed by atoms with Crippen LogP contribution in [0.4, 0.5) is 0 Å². The molecule has 0 aliphatic rings. The molecule has 0 bridgehead atoms. The number of halogens is 2. The first-order chi connectivity index (χ1) is 10.2. The van der Waals surface area contributed by atoms with Crippen LogP contribution in [-0.2, 0) is 0 Å². The van der Waals surface area contributed by atoms with Gasteiger partial charge in [0, 0.05) is 21.4 Å². The van der Waals surface area contributed by atoms with Gasteiger partial charge in [-0.2, -0.15) is 0 Å². The molecule has 0 saturated heterocycles. The molecule has 0 aliphatic carbocycles. The Balaban J connectivity index is 1.96. The lowest BCUT2D eigenvalue weighted by Gasteiger charge is -2.19. The van der Waals surface area contributed by atoms with Gasteiger partial charge in [0.1, 0.15) is 5.75 Å². The van der Waals surface area contributed by atoms with Crippen molar-refractivity contribution in [1.29, 1.82) is 0 Å². The molecule has 1 unspecified atom stereocenters. The van der Waals surface area contributed by atoms with Crippen LogP contribution in [0.15, 0.2) is 57.5 Å². The predicted octanol–water partition coefficient (Wildman–Crippen LogP) is 4.98. The van der Waals surface area contributed by atoms with Crippen molar-refractivity contribution in [2.45, 2.75) is 12.3 Å². The smallest absolute Gasteiger partial charge is 0.120 e. The van der Waals surface area contributed by atoms with E-state index >= 15 is 0 Å². The molecule has 1 N–H and O–H groups in total. The topological polar surface area (TPSA) is 21.3 Å². The predicted molar refractivity (Wildman–Crippen MR) is 95.1 cm³/mol. The van der Waals surface area contributed by atoms with Crippen LogP contribution < -0.4 is 10.1 Å². The number of rotatable bonds is 7. The molecule has 0 saturated carbocycles. The van der Waals surface area contributed by atoms with Gasteiger partial charge in [-0.05, 0) is 43.3 Å². The molecule has 2 aromatic carbocycles. The SMILES string of the molecule is CNCC(CCOc1cccc(Br)c1)c1ccccc1Br. The zero-order chi connectivity index (χ0) is 15.1. The highest BCUT2D eigenvalue weighted by Gasteiger charge is 2.13. The number of benzene rings is 2. The van der Waals surface area contributed by atoms with Crippen LogP contribution in [0.2, 0.25) is 0 Å². The minimum atomic E-state index is 0.428. The molecule has 0 radical (unpaired) electrons. The maximum Gasteiger partial charge on any atom is 0.120 e. The molecule has 1 atom stereocenters. The summed E-state index contributed by atoms with van der Waals surface area (Å²) < 4.78 is 8.05. The van der Waals surface area contributed by atoms with Crippen molar-refractivity contribution in [1.82, 2.24) is 5.32 Å². The lowest BCUT2D eigenvalue weighted by molar-refractivity contribution is 0.296. The lowest BCUT2D eigenvalue weighted by Crippen LogP contribution is -2.19. The molecule has 0 heterocycles. The van der Waals surface area contributed by atoms with E-state index in [0.29, 0.717) is 12.5 Å². The van der Waals surface area contributed by atoms with E-state index in [1.165, 1.54) is 5.56 Å². The van der Waals surface area contributed by atoms with Crippen molar-refractivity contribution in [3.8, 4) is 5.75 Å². The second-order valence-corrected chi connectivity index (χ2v) is 6.64. The Bertz CT molecular complexity index is 574. The molecule has 0 amide bonds. The molecule has 2 aromatic rings. The maximum atomic E-state index is 5.85. The summed E-state index contributed by atoms with van der Waals surface area (Å²) in [6, 6.07) is 16.3. The monoisotopic (exact) mass is 411 g/mol. The highest BCUT2D eigenvalue weighted by molar-refractivity contribution is 9.10. The van der Waals surface area contributed by atoms with Gasteiger partial charge < -0.3 is 10.1 Å². The summed E-state index contributed by atoms with van der Waals surface area (Å²) in [5, 5.41) is 3.27. The third kappa shape index (κ3) is 5.13. The summed E-state index contributed by atoms with van der Waals surface area (Å²) in [5.74, 6) is 1.33. The van der Waals surface area contributed by atoms with Crippen molar-refractivity contribution in [2.75, 3.05) is 20.2 Å². The summed E-state index contributed by atoms with van der Waals surface area (Å²) in [4.78, 5) is 0. The Hall–Kier alpha value is -0.840. The minimum absolute atomic E-state index is 0.428. The fraction of sp³-hybridized carbons (Fsp3) is 0.294. The van der Waals surface area contributed by atoms with E-state index in [4.69, 9.17) is 4.74 Å². The van der Waals surface area contributed by atoms with E-state index in [9.17, 15) is 0 Å². The van der Waals surface area contributed by atoms with Crippen molar-refractivity contribution in [3.05, 3.63) is 63.0 Å². The molecule has 0 fully saturated rings. The number of hydrogen-bond donors (Lipinski definition) is 1. The third-order valence-electron chi connectivity index (χ3n) is 3.33. The van der Waals surface area contributed by atoms with Crippen LogP contribution in [0.1, 0.15) is 17.9 Å². The molecular weight excluding hydrogens is 394 g/mol. The number of hydrogen-bond acceptors (Lipinski definition) is 2. The van der Waals surface area contributed by atoms with Gasteiger partial charge in [0.2, 0.25) is 0 Å². The Morgan fingerprint density at radius 1 is 1.10 bits per heavy atom. The van der Waals surface area contributed by atoms with Crippen molar-refractivity contribution < 1.29 is 4.74 Å². The van der Waals surface area contributed by atoms with Gasteiger partial charge >= 0.3 is 0 Å². The molecule has 0 aliphatic heterocycles. The van der Waals surface area contributed by atoms with Gasteiger partial charge in [0.15, 0.2) is 0 Å². The highest BCUT2D eigenvalue weighted by Crippen LogP contribution is 2.27. The molecule has 0 aromatic heterocycles. The first kappa shape index (κ1) is 16.5. The van der Waals surface area contributed by atoms with Gasteiger partial charge in [-0.15, -0.1) is 0 Å². The fourth-order valence-electron chi connectivity index (χ4n) is 2.30. The van der Waals surface area contributed by atoms with Gasteiger partial charge in [-0.3, -0.25) is 0 Å². The standard InChI is InChI=1S/C17H19Br2NO/c1-20-12-13(16-7-2-3-8-17(16)19)9-10-21-15-6-4-5-14(18)11-15/h2-8,11,13,20H,9-10,12H2,1H3. The van der Waals surface area contributed by atoms with Crippen LogP contribution in [0, 0.1) is 0 Å². The summed E-state index contributed by atoms with van der Waals surface area (Å²) >= 11 is 7.10. The Morgan fingerprint density at radius 3 is 2.62 bits per heavy atom. The summed E-state index contributed by atoms with van der Waals surface area (Å²) in [6.07, 6.45) is 0.968. The van der Waals surface area contributed by atoms with E-state index in [1.54, 1.807) is 0 Å². The molecule has 4 heteroatoms.